The Morgan fingerprint density at radius 3 is 2.82 bits per heavy atom. The number of benzene rings is 1. The van der Waals surface area contributed by atoms with E-state index in [0.29, 0.717) is 10.7 Å². The maximum atomic E-state index is 12.0. The van der Waals surface area contributed by atoms with Gasteiger partial charge in [0.25, 0.3) is 5.91 Å². The van der Waals surface area contributed by atoms with Crippen molar-refractivity contribution in [1.29, 1.82) is 0 Å². The normalized spacial score (nSPS) is 23.6. The van der Waals surface area contributed by atoms with Crippen molar-refractivity contribution in [2.24, 2.45) is 5.92 Å². The van der Waals surface area contributed by atoms with Crippen LogP contribution in [0.15, 0.2) is 24.3 Å². The van der Waals surface area contributed by atoms with E-state index in [-0.39, 0.29) is 5.91 Å². The zero-order chi connectivity index (χ0) is 12.3. The summed E-state index contributed by atoms with van der Waals surface area (Å²) in [6, 6.07) is 7.72. The summed E-state index contributed by atoms with van der Waals surface area (Å²) in [5.74, 6) is 0.688. The number of rotatable bonds is 3. The van der Waals surface area contributed by atoms with Crippen LogP contribution in [0.2, 0.25) is 0 Å². The standard InChI is InChI=1S/C14H18BrNO/c1-10-4-2-3-5-13(10)14(17)16-9-11-6-7-12(15)8-11/h2-5,11-12H,6-9H2,1H3,(H,16,17). The molecule has 1 aliphatic carbocycles. The highest BCUT2D eigenvalue weighted by atomic mass is 79.9. The van der Waals surface area contributed by atoms with Crippen LogP contribution in [0.3, 0.4) is 0 Å². The van der Waals surface area contributed by atoms with Crippen LogP contribution >= 0.6 is 15.9 Å². The van der Waals surface area contributed by atoms with Crippen molar-refractivity contribution in [3.63, 3.8) is 0 Å². The summed E-state index contributed by atoms with van der Waals surface area (Å²) in [4.78, 5) is 12.6. The van der Waals surface area contributed by atoms with Gasteiger partial charge in [0, 0.05) is 16.9 Å². The van der Waals surface area contributed by atoms with Gasteiger partial charge in [-0.1, -0.05) is 34.1 Å². The molecular weight excluding hydrogens is 278 g/mol. The van der Waals surface area contributed by atoms with E-state index in [1.165, 1.54) is 19.3 Å². The fourth-order valence-corrected chi connectivity index (χ4v) is 3.15. The van der Waals surface area contributed by atoms with Gasteiger partial charge < -0.3 is 5.32 Å². The zero-order valence-electron chi connectivity index (χ0n) is 10.1. The largest absolute Gasteiger partial charge is 0.352 e. The van der Waals surface area contributed by atoms with Gasteiger partial charge in [-0.25, -0.2) is 0 Å². The first-order valence-corrected chi connectivity index (χ1v) is 7.06. The van der Waals surface area contributed by atoms with Crippen LogP contribution in [0, 0.1) is 12.8 Å². The first-order valence-electron chi connectivity index (χ1n) is 6.14. The number of alkyl halides is 1. The molecule has 0 bridgehead atoms. The monoisotopic (exact) mass is 295 g/mol. The Labute approximate surface area is 111 Å². The number of hydrogen-bond donors (Lipinski definition) is 1. The average Bonchev–Trinajstić information content (AvgIpc) is 2.73. The van der Waals surface area contributed by atoms with Gasteiger partial charge >= 0.3 is 0 Å². The molecule has 0 radical (unpaired) electrons. The highest BCUT2D eigenvalue weighted by Gasteiger charge is 2.22. The van der Waals surface area contributed by atoms with Gasteiger partial charge in [0.2, 0.25) is 0 Å². The summed E-state index contributed by atoms with van der Waals surface area (Å²) in [5.41, 5.74) is 1.83. The maximum Gasteiger partial charge on any atom is 0.251 e. The number of carbonyl (C=O) groups is 1. The summed E-state index contributed by atoms with van der Waals surface area (Å²) in [7, 11) is 0. The van der Waals surface area contributed by atoms with Crippen LogP contribution < -0.4 is 5.32 Å². The van der Waals surface area contributed by atoms with Crippen molar-refractivity contribution in [2.45, 2.75) is 31.0 Å². The van der Waals surface area contributed by atoms with Crippen LogP contribution in [0.25, 0.3) is 0 Å². The second-order valence-electron chi connectivity index (χ2n) is 4.80. The minimum Gasteiger partial charge on any atom is -0.352 e. The van der Waals surface area contributed by atoms with Gasteiger partial charge in [0.15, 0.2) is 0 Å². The number of aryl methyl sites for hydroxylation is 1. The average molecular weight is 296 g/mol. The fourth-order valence-electron chi connectivity index (χ4n) is 2.36. The molecule has 1 amide bonds. The Morgan fingerprint density at radius 1 is 1.41 bits per heavy atom. The number of amides is 1. The van der Waals surface area contributed by atoms with Crippen molar-refractivity contribution < 1.29 is 4.79 Å². The lowest BCUT2D eigenvalue weighted by Gasteiger charge is -2.12. The number of nitrogens with one attached hydrogen (secondary N) is 1. The number of halogens is 1. The SMILES string of the molecule is Cc1ccccc1C(=O)NCC1CCC(Br)C1. The molecule has 1 aromatic carbocycles. The zero-order valence-corrected chi connectivity index (χ0v) is 11.7. The van der Waals surface area contributed by atoms with E-state index >= 15 is 0 Å². The van der Waals surface area contributed by atoms with Crippen LogP contribution in [-0.4, -0.2) is 17.3 Å². The van der Waals surface area contributed by atoms with E-state index in [9.17, 15) is 4.79 Å². The van der Waals surface area contributed by atoms with Gasteiger partial charge in [-0.2, -0.15) is 0 Å². The third-order valence-electron chi connectivity index (χ3n) is 3.42. The summed E-state index contributed by atoms with van der Waals surface area (Å²) in [6.45, 7) is 2.77. The van der Waals surface area contributed by atoms with Crippen molar-refractivity contribution in [3.05, 3.63) is 35.4 Å². The van der Waals surface area contributed by atoms with Crippen LogP contribution in [0.1, 0.15) is 35.2 Å². The molecule has 2 rings (SSSR count). The Hall–Kier alpha value is -0.830. The van der Waals surface area contributed by atoms with Gasteiger partial charge in [0.1, 0.15) is 0 Å². The van der Waals surface area contributed by atoms with E-state index in [2.05, 4.69) is 21.2 Å². The van der Waals surface area contributed by atoms with Gasteiger partial charge in [-0.05, 0) is 43.7 Å². The molecule has 2 atom stereocenters. The minimum absolute atomic E-state index is 0.0566. The fraction of sp³-hybridized carbons (Fsp3) is 0.500. The Balaban J connectivity index is 1.88. The third kappa shape index (κ3) is 3.32. The summed E-state index contributed by atoms with van der Waals surface area (Å²) in [6.07, 6.45) is 3.61. The van der Waals surface area contributed by atoms with E-state index in [1.807, 2.05) is 31.2 Å². The molecule has 1 N–H and O–H groups in total. The second kappa shape index (κ2) is 5.67. The molecule has 1 aromatic rings. The summed E-state index contributed by atoms with van der Waals surface area (Å²) < 4.78 is 0. The van der Waals surface area contributed by atoms with Crippen molar-refractivity contribution in [3.8, 4) is 0 Å². The lowest BCUT2D eigenvalue weighted by atomic mass is 10.1. The summed E-state index contributed by atoms with van der Waals surface area (Å²) >= 11 is 3.63. The van der Waals surface area contributed by atoms with E-state index in [0.717, 1.165) is 17.7 Å². The van der Waals surface area contributed by atoms with Crippen LogP contribution in [-0.2, 0) is 0 Å². The molecule has 92 valence electrons. The first kappa shape index (κ1) is 12.6. The minimum atomic E-state index is 0.0566. The highest BCUT2D eigenvalue weighted by Crippen LogP contribution is 2.30. The molecule has 0 heterocycles. The van der Waals surface area contributed by atoms with Gasteiger partial charge in [-0.15, -0.1) is 0 Å². The molecule has 0 aromatic heterocycles. The molecule has 0 spiro atoms. The lowest BCUT2D eigenvalue weighted by molar-refractivity contribution is 0.0947. The number of hydrogen-bond acceptors (Lipinski definition) is 1. The number of carbonyl (C=O) groups excluding carboxylic acids is 1. The topological polar surface area (TPSA) is 29.1 Å². The van der Waals surface area contributed by atoms with Crippen LogP contribution in [0.4, 0.5) is 0 Å². The lowest BCUT2D eigenvalue weighted by Crippen LogP contribution is -2.29. The predicted octanol–water partition coefficient (Wildman–Crippen LogP) is 3.29. The smallest absolute Gasteiger partial charge is 0.251 e. The Morgan fingerprint density at radius 2 is 2.18 bits per heavy atom. The molecule has 3 heteroatoms. The third-order valence-corrected chi connectivity index (χ3v) is 4.25. The molecule has 0 saturated heterocycles. The molecule has 0 aliphatic heterocycles. The van der Waals surface area contributed by atoms with Crippen molar-refractivity contribution >= 4 is 21.8 Å². The maximum absolute atomic E-state index is 12.0. The van der Waals surface area contributed by atoms with Gasteiger partial charge in [-0.3, -0.25) is 4.79 Å². The first-order chi connectivity index (χ1) is 8.16. The van der Waals surface area contributed by atoms with E-state index in [1.54, 1.807) is 0 Å². The predicted molar refractivity (Wildman–Crippen MR) is 73.6 cm³/mol. The second-order valence-corrected chi connectivity index (χ2v) is 6.10. The van der Waals surface area contributed by atoms with Gasteiger partial charge in [0.05, 0.1) is 0 Å². The quantitative estimate of drug-likeness (QED) is 0.852. The summed E-state index contributed by atoms with van der Waals surface area (Å²) in [5, 5.41) is 3.04. The van der Waals surface area contributed by atoms with E-state index in [4.69, 9.17) is 0 Å². The molecule has 2 nitrogen and oxygen atoms in total. The van der Waals surface area contributed by atoms with Crippen molar-refractivity contribution in [1.82, 2.24) is 5.32 Å². The molecular formula is C14H18BrNO. The molecule has 1 fully saturated rings. The Kier molecular flexibility index (Phi) is 4.21. The van der Waals surface area contributed by atoms with Crippen LogP contribution in [0.5, 0.6) is 0 Å². The van der Waals surface area contributed by atoms with E-state index < -0.39 is 0 Å². The molecule has 1 aliphatic rings. The highest BCUT2D eigenvalue weighted by molar-refractivity contribution is 9.09. The van der Waals surface area contributed by atoms with Crippen molar-refractivity contribution in [2.75, 3.05) is 6.54 Å². The molecule has 1 saturated carbocycles. The molecule has 2 unspecified atom stereocenters. The Bertz CT molecular complexity index is 405. The molecule has 17 heavy (non-hydrogen) atoms.